The molecule has 70 heavy (non-hydrogen) atoms. The number of pyridine rings is 1. The number of hydrogen-bond acceptors (Lipinski definition) is 4. The molecule has 0 unspecified atom stereocenters. The minimum Gasteiger partial charge on any atom is -0.509 e. The van der Waals surface area contributed by atoms with Crippen LogP contribution in [0.4, 0.5) is 22.7 Å². The van der Waals surface area contributed by atoms with Crippen molar-refractivity contribution in [3.63, 3.8) is 0 Å². The van der Waals surface area contributed by atoms with E-state index in [1.165, 1.54) is 27.8 Å². The van der Waals surface area contributed by atoms with Crippen LogP contribution >= 0.6 is 0 Å². The normalized spacial score (nSPS) is 12.8. The third-order valence-corrected chi connectivity index (χ3v) is 14.1. The molecule has 0 amide bonds. The van der Waals surface area contributed by atoms with E-state index in [9.17, 15) is 0 Å². The number of fused-ring (bicyclic) bond motifs is 4. The zero-order valence-electron chi connectivity index (χ0n) is 40.6. The molecule has 11 rings (SSSR count). The van der Waals surface area contributed by atoms with E-state index >= 15 is 0 Å². The van der Waals surface area contributed by atoms with Gasteiger partial charge in [0.25, 0.3) is 0 Å². The second-order valence-electron chi connectivity index (χ2n) is 20.2. The maximum Gasteiger partial charge on any atom is 0.135 e. The molecule has 0 fully saturated rings. The first-order valence-electron chi connectivity index (χ1n) is 23.9. The summed E-state index contributed by atoms with van der Waals surface area (Å²) in [7, 11) is 0. The van der Waals surface area contributed by atoms with E-state index in [1.807, 2.05) is 18.3 Å². The van der Waals surface area contributed by atoms with Crippen LogP contribution in [0.1, 0.15) is 76.3 Å². The Hall–Kier alpha value is -7.20. The Kier molecular flexibility index (Phi) is 12.1. The van der Waals surface area contributed by atoms with E-state index in [4.69, 9.17) is 9.72 Å². The molecule has 8 aromatic carbocycles. The molecule has 10 aromatic rings. The predicted octanol–water partition coefficient (Wildman–Crippen LogP) is 16.6. The van der Waals surface area contributed by atoms with Crippen molar-refractivity contribution in [1.82, 2.24) is 9.55 Å². The molecule has 0 radical (unpaired) electrons. The molecule has 1 aliphatic rings. The molecule has 2 aromatic heterocycles. The van der Waals surface area contributed by atoms with Crippen molar-refractivity contribution in [1.29, 1.82) is 0 Å². The van der Waals surface area contributed by atoms with Gasteiger partial charge in [0.2, 0.25) is 0 Å². The average molecular weight is 1090 g/mol. The number of ether oxygens (including phenoxy) is 1. The third-order valence-electron chi connectivity index (χ3n) is 14.1. The number of hydrogen-bond donors (Lipinski definition) is 0. The Morgan fingerprint density at radius 2 is 1.13 bits per heavy atom. The van der Waals surface area contributed by atoms with E-state index in [0.717, 1.165) is 61.5 Å². The smallest absolute Gasteiger partial charge is 0.135 e. The summed E-state index contributed by atoms with van der Waals surface area (Å²) in [6, 6.07) is 76.5. The van der Waals surface area contributed by atoms with Crippen molar-refractivity contribution in [2.45, 2.75) is 64.7 Å². The van der Waals surface area contributed by atoms with Crippen LogP contribution in [0.3, 0.4) is 0 Å². The summed E-state index contributed by atoms with van der Waals surface area (Å²) < 4.78 is 9.24. The molecular weight excluding hydrogens is 1040 g/mol. The molecule has 350 valence electrons. The second kappa shape index (κ2) is 18.3. The number of benzene rings is 8. The van der Waals surface area contributed by atoms with Crippen molar-refractivity contribution in [2.24, 2.45) is 0 Å². The van der Waals surface area contributed by atoms with E-state index in [0.29, 0.717) is 11.5 Å². The van der Waals surface area contributed by atoms with Gasteiger partial charge in [-0.15, -0.1) is 48.3 Å². The van der Waals surface area contributed by atoms with Crippen LogP contribution in [0.25, 0.3) is 38.8 Å². The third kappa shape index (κ3) is 8.41. The first kappa shape index (κ1) is 46.5. The van der Waals surface area contributed by atoms with Gasteiger partial charge >= 0.3 is 0 Å². The van der Waals surface area contributed by atoms with E-state index < -0.39 is 5.41 Å². The van der Waals surface area contributed by atoms with Gasteiger partial charge in [0, 0.05) is 66.8 Å². The molecule has 0 spiro atoms. The fourth-order valence-electron chi connectivity index (χ4n) is 9.98. The summed E-state index contributed by atoms with van der Waals surface area (Å²) in [5.74, 6) is 2.03. The number of nitrogens with zero attached hydrogens (tertiary/aromatic N) is 4. The van der Waals surface area contributed by atoms with E-state index in [1.54, 1.807) is 0 Å². The van der Waals surface area contributed by atoms with Gasteiger partial charge in [-0.05, 0) is 92.1 Å². The SMILES string of the molecule is CC(C)(C)c1ccnc(-n2c3[c-]c(Oc4[c-]c(N5[CH-]N(c6cc(-c7ccccc7)cc(C(C)(C)c7ccccc7)c6)c6ccccc65)ccc4)cc(C(C)(C)c4ccccc4)c3c3ccccc32)c1.[Pt]. The number of rotatable bonds is 10. The molecule has 3 heterocycles. The van der Waals surface area contributed by atoms with Gasteiger partial charge in [0.05, 0.1) is 0 Å². The summed E-state index contributed by atoms with van der Waals surface area (Å²) in [6.45, 7) is 18.1. The van der Waals surface area contributed by atoms with Gasteiger partial charge in [-0.1, -0.05) is 187 Å². The zero-order chi connectivity index (χ0) is 47.5. The van der Waals surface area contributed by atoms with Crippen molar-refractivity contribution in [2.75, 3.05) is 9.80 Å². The zero-order valence-corrected chi connectivity index (χ0v) is 42.9. The standard InChI is InChI=1S/C64H55N4O.Pt/c1-62(2,3)48-34-35-65-60(39-48)68-56-31-18-17-30-54(56)61-55(64(6,7)47-26-15-10-16-27-47)41-53(42-59(61)68)69-52-29-21-28-50(40-52)66-43-67(58-33-20-19-32-57(58)66)51-37-45(44-22-11-8-12-23-44)36-49(38-51)63(4,5)46-24-13-9-14-25-46;/h8-39,41,43H,1-7H3;/q-3;. The van der Waals surface area contributed by atoms with Gasteiger partial charge in [-0.2, -0.15) is 6.07 Å². The molecule has 0 N–H and O–H groups in total. The Labute approximate surface area is 427 Å². The van der Waals surface area contributed by atoms with Crippen LogP contribution in [0.15, 0.2) is 200 Å². The maximum absolute atomic E-state index is 6.98. The molecule has 0 aliphatic carbocycles. The number of aromatic nitrogens is 2. The van der Waals surface area contributed by atoms with Gasteiger partial charge in [0.15, 0.2) is 0 Å². The predicted molar refractivity (Wildman–Crippen MR) is 286 cm³/mol. The van der Waals surface area contributed by atoms with Crippen molar-refractivity contribution in [3.05, 3.63) is 247 Å². The molecule has 0 bridgehead atoms. The number of para-hydroxylation sites is 3. The fraction of sp³-hybridized carbons (Fsp3) is 0.156. The molecule has 0 atom stereocenters. The minimum absolute atomic E-state index is 0. The summed E-state index contributed by atoms with van der Waals surface area (Å²) in [5.41, 5.74) is 13.7. The van der Waals surface area contributed by atoms with Crippen LogP contribution in [-0.4, -0.2) is 9.55 Å². The minimum atomic E-state index is -0.403. The summed E-state index contributed by atoms with van der Waals surface area (Å²) in [5, 5.41) is 2.27. The molecule has 6 heteroatoms. The summed E-state index contributed by atoms with van der Waals surface area (Å²) >= 11 is 0. The first-order chi connectivity index (χ1) is 33.3. The van der Waals surface area contributed by atoms with Crippen molar-refractivity contribution in [3.8, 4) is 28.4 Å². The first-order valence-corrected chi connectivity index (χ1v) is 23.9. The van der Waals surface area contributed by atoms with Gasteiger partial charge < -0.3 is 19.1 Å². The van der Waals surface area contributed by atoms with Crippen LogP contribution in [0.2, 0.25) is 0 Å². The quantitative estimate of drug-likeness (QED) is 0.128. The van der Waals surface area contributed by atoms with E-state index in [-0.39, 0.29) is 31.9 Å². The van der Waals surface area contributed by atoms with Crippen LogP contribution < -0.4 is 14.5 Å². The Bertz CT molecular complexity index is 3500. The molecule has 0 saturated carbocycles. The molecular formula is C64H55N4OPt-3. The van der Waals surface area contributed by atoms with Crippen molar-refractivity contribution >= 4 is 44.6 Å². The molecule has 5 nitrogen and oxygen atoms in total. The summed E-state index contributed by atoms with van der Waals surface area (Å²) in [4.78, 5) is 9.51. The average Bonchev–Trinajstić information content (AvgIpc) is 3.93. The van der Waals surface area contributed by atoms with Crippen LogP contribution in [0.5, 0.6) is 11.5 Å². The Morgan fingerprint density at radius 1 is 0.500 bits per heavy atom. The molecule has 1 aliphatic heterocycles. The number of anilines is 4. The van der Waals surface area contributed by atoms with Gasteiger partial charge in [-0.25, -0.2) is 4.98 Å². The largest absolute Gasteiger partial charge is 0.509 e. The monoisotopic (exact) mass is 1090 g/mol. The van der Waals surface area contributed by atoms with Gasteiger partial charge in [0.1, 0.15) is 5.82 Å². The summed E-state index contributed by atoms with van der Waals surface area (Å²) in [6.07, 6.45) is 1.92. The van der Waals surface area contributed by atoms with Gasteiger partial charge in [-0.3, -0.25) is 0 Å². The van der Waals surface area contributed by atoms with Crippen LogP contribution in [-0.2, 0) is 37.3 Å². The Morgan fingerprint density at radius 3 is 1.83 bits per heavy atom. The maximum atomic E-state index is 6.98. The topological polar surface area (TPSA) is 33.5 Å². The second-order valence-corrected chi connectivity index (χ2v) is 20.2. The Balaban J connectivity index is 0.00000567. The van der Waals surface area contributed by atoms with Crippen LogP contribution in [0, 0.1) is 18.8 Å². The molecule has 0 saturated heterocycles. The fourth-order valence-corrected chi connectivity index (χ4v) is 9.98. The van der Waals surface area contributed by atoms with Crippen molar-refractivity contribution < 1.29 is 25.8 Å². The van der Waals surface area contributed by atoms with E-state index in [2.05, 4.69) is 264 Å².